The number of para-hydroxylation sites is 1. The summed E-state index contributed by atoms with van der Waals surface area (Å²) in [7, 11) is 0. The molecule has 3 rings (SSSR count). The largest absolute Gasteiger partial charge is 0.335 e. The molecule has 0 aliphatic heterocycles. The van der Waals surface area contributed by atoms with E-state index in [1.807, 2.05) is 11.8 Å². The van der Waals surface area contributed by atoms with Gasteiger partial charge in [-0.05, 0) is 37.1 Å². The molecule has 0 unspecified atom stereocenters. The van der Waals surface area contributed by atoms with Crippen LogP contribution in [0.25, 0.3) is 10.9 Å². The second-order valence-corrected chi connectivity index (χ2v) is 7.24. The molecule has 0 aliphatic carbocycles. The van der Waals surface area contributed by atoms with E-state index in [2.05, 4.69) is 81.2 Å². The Morgan fingerprint density at radius 2 is 1.64 bits per heavy atom. The van der Waals surface area contributed by atoms with E-state index in [9.17, 15) is 0 Å². The summed E-state index contributed by atoms with van der Waals surface area (Å²) in [5, 5.41) is 3.78. The molecule has 1 aromatic heterocycles. The van der Waals surface area contributed by atoms with Gasteiger partial charge >= 0.3 is 0 Å². The van der Waals surface area contributed by atoms with E-state index in [1.54, 1.807) is 0 Å². The highest BCUT2D eigenvalue weighted by Gasteiger charge is 2.09. The lowest BCUT2D eigenvalue weighted by Gasteiger charge is -2.10. The van der Waals surface area contributed by atoms with E-state index in [1.165, 1.54) is 40.1 Å². The van der Waals surface area contributed by atoms with Gasteiger partial charge in [-0.2, -0.15) is 0 Å². The summed E-state index contributed by atoms with van der Waals surface area (Å²) in [4.78, 5) is 1.30. The number of halogens is 1. The fourth-order valence-corrected chi connectivity index (χ4v) is 4.07. The summed E-state index contributed by atoms with van der Waals surface area (Å²) in [5.41, 5.74) is 1.35. The molecule has 0 bridgehead atoms. The van der Waals surface area contributed by atoms with Crippen LogP contribution >= 0.6 is 27.7 Å². The van der Waals surface area contributed by atoms with Crippen molar-refractivity contribution in [1.29, 1.82) is 0 Å². The van der Waals surface area contributed by atoms with Crippen molar-refractivity contribution in [1.82, 2.24) is 4.57 Å². The third kappa shape index (κ3) is 3.76. The zero-order valence-corrected chi connectivity index (χ0v) is 14.9. The Kier molecular flexibility index (Phi) is 5.63. The summed E-state index contributed by atoms with van der Waals surface area (Å²) in [6, 6.07) is 21.6. The second-order valence-electron chi connectivity index (χ2n) is 5.36. The van der Waals surface area contributed by atoms with Crippen LogP contribution in [0.1, 0.15) is 19.3 Å². The molecule has 1 heterocycles. The summed E-state index contributed by atoms with van der Waals surface area (Å²) < 4.78 is 2.47. The van der Waals surface area contributed by atoms with Gasteiger partial charge in [0.05, 0.1) is 5.03 Å². The first kappa shape index (κ1) is 15.7. The van der Waals surface area contributed by atoms with Crippen LogP contribution < -0.4 is 0 Å². The van der Waals surface area contributed by atoms with E-state index in [0.717, 1.165) is 11.9 Å². The summed E-state index contributed by atoms with van der Waals surface area (Å²) in [6.45, 7) is 1.09. The van der Waals surface area contributed by atoms with Crippen LogP contribution in [0, 0.1) is 0 Å². The zero-order chi connectivity index (χ0) is 15.2. The van der Waals surface area contributed by atoms with Crippen molar-refractivity contribution >= 4 is 38.6 Å². The van der Waals surface area contributed by atoms with Crippen LogP contribution in [0.3, 0.4) is 0 Å². The van der Waals surface area contributed by atoms with Crippen LogP contribution in [-0.2, 0) is 6.54 Å². The highest BCUT2D eigenvalue weighted by Crippen LogP contribution is 2.33. The van der Waals surface area contributed by atoms with E-state index in [4.69, 9.17) is 0 Å². The van der Waals surface area contributed by atoms with Crippen molar-refractivity contribution in [3.63, 3.8) is 0 Å². The predicted molar refractivity (Wildman–Crippen MR) is 100 cm³/mol. The predicted octanol–water partition coefficient (Wildman–Crippen LogP) is 6.36. The maximum atomic E-state index is 3.52. The van der Waals surface area contributed by atoms with E-state index < -0.39 is 0 Å². The monoisotopic (exact) mass is 373 g/mol. The first-order valence-corrected chi connectivity index (χ1v) is 9.69. The highest BCUT2D eigenvalue weighted by atomic mass is 79.9. The van der Waals surface area contributed by atoms with Gasteiger partial charge in [0.1, 0.15) is 0 Å². The first-order chi connectivity index (χ1) is 10.9. The maximum Gasteiger partial charge on any atom is 0.0807 e. The van der Waals surface area contributed by atoms with Gasteiger partial charge in [0.15, 0.2) is 0 Å². The van der Waals surface area contributed by atoms with Crippen LogP contribution in [0.2, 0.25) is 0 Å². The van der Waals surface area contributed by atoms with E-state index in [0.29, 0.717) is 0 Å². The molecule has 2 aromatic carbocycles. The van der Waals surface area contributed by atoms with Gasteiger partial charge in [0.2, 0.25) is 0 Å². The number of aromatic nitrogens is 1. The number of hydrogen-bond donors (Lipinski definition) is 0. The Morgan fingerprint density at radius 1 is 0.864 bits per heavy atom. The quantitative estimate of drug-likeness (QED) is 0.344. The number of benzene rings is 2. The van der Waals surface area contributed by atoms with Crippen molar-refractivity contribution in [2.24, 2.45) is 0 Å². The Hall–Kier alpha value is -1.19. The number of alkyl halides is 1. The fourth-order valence-electron chi connectivity index (χ4n) is 2.65. The van der Waals surface area contributed by atoms with E-state index in [-0.39, 0.29) is 0 Å². The summed E-state index contributed by atoms with van der Waals surface area (Å²) >= 11 is 5.37. The molecule has 0 saturated heterocycles. The standard InChI is InChI=1S/C19H20BrNS/c20-13-7-2-8-14-21-18-12-6-5-9-16(18)15-19(21)22-17-10-3-1-4-11-17/h1,3-6,9-12,15H,2,7-8,13-14H2. The third-order valence-electron chi connectivity index (χ3n) is 3.75. The Bertz CT molecular complexity index is 721. The molecule has 22 heavy (non-hydrogen) atoms. The Balaban J connectivity index is 1.87. The van der Waals surface area contributed by atoms with Gasteiger partial charge in [-0.15, -0.1) is 0 Å². The number of nitrogens with zero attached hydrogens (tertiary/aromatic N) is 1. The molecule has 0 atom stereocenters. The van der Waals surface area contributed by atoms with Crippen LogP contribution in [0.15, 0.2) is 70.6 Å². The lowest BCUT2D eigenvalue weighted by Crippen LogP contribution is -1.99. The fraction of sp³-hybridized carbons (Fsp3) is 0.263. The molecule has 0 aliphatic rings. The van der Waals surface area contributed by atoms with E-state index >= 15 is 0 Å². The van der Waals surface area contributed by atoms with Crippen LogP contribution in [0.4, 0.5) is 0 Å². The average Bonchev–Trinajstić information content (AvgIpc) is 2.90. The van der Waals surface area contributed by atoms with Crippen molar-refractivity contribution in [2.45, 2.75) is 35.7 Å². The normalized spacial score (nSPS) is 11.1. The van der Waals surface area contributed by atoms with Crippen molar-refractivity contribution in [2.75, 3.05) is 5.33 Å². The molecule has 0 amide bonds. The molecule has 3 aromatic rings. The van der Waals surface area contributed by atoms with Gasteiger partial charge in [-0.25, -0.2) is 0 Å². The number of fused-ring (bicyclic) bond motifs is 1. The minimum Gasteiger partial charge on any atom is -0.335 e. The molecule has 0 spiro atoms. The molecule has 0 fully saturated rings. The second kappa shape index (κ2) is 7.89. The van der Waals surface area contributed by atoms with Gasteiger partial charge < -0.3 is 4.57 Å². The lowest BCUT2D eigenvalue weighted by molar-refractivity contribution is 0.591. The minimum atomic E-state index is 1.09. The minimum absolute atomic E-state index is 1.09. The summed E-state index contributed by atoms with van der Waals surface area (Å²) in [6.07, 6.45) is 3.75. The maximum absolute atomic E-state index is 3.52. The zero-order valence-electron chi connectivity index (χ0n) is 12.5. The van der Waals surface area contributed by atoms with Crippen molar-refractivity contribution in [3.05, 3.63) is 60.7 Å². The molecule has 0 saturated carbocycles. The number of unbranched alkanes of at least 4 members (excludes halogenated alkanes) is 2. The number of rotatable bonds is 7. The van der Waals surface area contributed by atoms with Crippen molar-refractivity contribution < 1.29 is 0 Å². The van der Waals surface area contributed by atoms with Gasteiger partial charge in [-0.3, -0.25) is 0 Å². The average molecular weight is 374 g/mol. The van der Waals surface area contributed by atoms with Crippen molar-refractivity contribution in [3.8, 4) is 0 Å². The van der Waals surface area contributed by atoms with Gasteiger partial charge in [0, 0.05) is 27.7 Å². The molecule has 3 heteroatoms. The third-order valence-corrected chi connectivity index (χ3v) is 5.37. The molecule has 1 nitrogen and oxygen atoms in total. The Labute approximate surface area is 144 Å². The topological polar surface area (TPSA) is 4.93 Å². The highest BCUT2D eigenvalue weighted by molar-refractivity contribution is 9.09. The smallest absolute Gasteiger partial charge is 0.0807 e. The van der Waals surface area contributed by atoms with Crippen LogP contribution in [0.5, 0.6) is 0 Å². The number of hydrogen-bond acceptors (Lipinski definition) is 1. The SMILES string of the molecule is BrCCCCCn1c(Sc2ccccc2)cc2ccccc21. The molecular formula is C19H20BrNS. The molecule has 0 N–H and O–H groups in total. The molecule has 0 radical (unpaired) electrons. The lowest BCUT2D eigenvalue weighted by atomic mass is 10.2. The summed E-state index contributed by atoms with van der Waals surface area (Å²) in [5.74, 6) is 0. The van der Waals surface area contributed by atoms with Gasteiger partial charge in [-0.1, -0.05) is 70.5 Å². The molecule has 114 valence electrons. The Morgan fingerprint density at radius 3 is 2.45 bits per heavy atom. The van der Waals surface area contributed by atoms with Gasteiger partial charge in [0.25, 0.3) is 0 Å². The molecular weight excluding hydrogens is 354 g/mol. The number of aryl methyl sites for hydroxylation is 1. The van der Waals surface area contributed by atoms with Crippen LogP contribution in [-0.4, -0.2) is 9.90 Å². The first-order valence-electron chi connectivity index (χ1n) is 7.75.